The maximum Gasteiger partial charge on any atom is 0.224 e. The Labute approximate surface area is 179 Å². The van der Waals surface area contributed by atoms with Crippen molar-refractivity contribution >= 4 is 44.2 Å². The highest BCUT2D eigenvalue weighted by atomic mass is 32.1. The van der Waals surface area contributed by atoms with Gasteiger partial charge in [0, 0.05) is 31.5 Å². The van der Waals surface area contributed by atoms with E-state index in [1.165, 1.54) is 30.5 Å². The Kier molecular flexibility index (Phi) is 5.72. The molecule has 2 heterocycles. The van der Waals surface area contributed by atoms with Crippen molar-refractivity contribution in [3.63, 3.8) is 0 Å². The maximum absolute atomic E-state index is 13.9. The first-order valence-electron chi connectivity index (χ1n) is 9.25. The quantitative estimate of drug-likeness (QED) is 0.449. The van der Waals surface area contributed by atoms with Crippen molar-refractivity contribution in [1.82, 2.24) is 9.97 Å². The minimum Gasteiger partial charge on any atom is -0.441 e. The van der Waals surface area contributed by atoms with E-state index in [0.29, 0.717) is 16.3 Å². The predicted octanol–water partition coefficient (Wildman–Crippen LogP) is 4.76. The van der Waals surface area contributed by atoms with Crippen LogP contribution in [-0.4, -0.2) is 21.8 Å². The van der Waals surface area contributed by atoms with Gasteiger partial charge in [-0.05, 0) is 30.3 Å². The molecular formula is C21H16F2N4O3S. The number of carbonyl (C=O) groups excluding carboxylic acids is 2. The van der Waals surface area contributed by atoms with Gasteiger partial charge in [-0.15, -0.1) is 0 Å². The summed E-state index contributed by atoms with van der Waals surface area (Å²) in [6.45, 7) is 1.41. The Bertz CT molecular complexity index is 1280. The number of hydrogen-bond acceptors (Lipinski definition) is 6. The summed E-state index contributed by atoms with van der Waals surface area (Å²) >= 11 is 1.31. The molecule has 0 unspecified atom stereocenters. The smallest absolute Gasteiger partial charge is 0.224 e. The first-order valence-corrected chi connectivity index (χ1v) is 10.1. The average molecular weight is 442 g/mol. The van der Waals surface area contributed by atoms with Crippen LogP contribution < -0.4 is 10.6 Å². The van der Waals surface area contributed by atoms with Crippen LogP contribution in [0.5, 0.6) is 0 Å². The molecular weight excluding hydrogens is 426 g/mol. The lowest BCUT2D eigenvalue weighted by atomic mass is 10.2. The third-order valence-corrected chi connectivity index (χ3v) is 5.20. The van der Waals surface area contributed by atoms with E-state index in [0.717, 1.165) is 16.8 Å². The summed E-state index contributed by atoms with van der Waals surface area (Å²) in [4.78, 5) is 31.8. The van der Waals surface area contributed by atoms with Gasteiger partial charge in [0.2, 0.25) is 11.8 Å². The molecule has 0 atom stereocenters. The highest BCUT2D eigenvalue weighted by Crippen LogP contribution is 2.28. The van der Waals surface area contributed by atoms with Crippen LogP contribution in [0.1, 0.15) is 19.2 Å². The van der Waals surface area contributed by atoms with Crippen molar-refractivity contribution in [3.05, 3.63) is 60.1 Å². The number of fused-ring (bicyclic) bond motifs is 1. The van der Waals surface area contributed by atoms with Crippen LogP contribution in [-0.2, 0) is 16.0 Å². The van der Waals surface area contributed by atoms with E-state index < -0.39 is 11.6 Å². The van der Waals surface area contributed by atoms with Gasteiger partial charge in [-0.3, -0.25) is 9.59 Å². The molecule has 10 heteroatoms. The highest BCUT2D eigenvalue weighted by Gasteiger charge is 2.13. The number of aryl methyl sites for hydroxylation is 1. The van der Waals surface area contributed by atoms with Gasteiger partial charge >= 0.3 is 0 Å². The molecule has 0 aliphatic heterocycles. The van der Waals surface area contributed by atoms with Gasteiger partial charge in [0.15, 0.2) is 16.8 Å². The fraction of sp³-hybridized carbons (Fsp3) is 0.143. The molecule has 0 bridgehead atoms. The molecule has 2 N–H and O–H groups in total. The SMILES string of the molecule is CC(=O)Nc1nc2ccc(NC(=O)CCc3ncc(-c4ccc(F)cc4F)o3)cc2s1. The van der Waals surface area contributed by atoms with Gasteiger partial charge in [0.05, 0.1) is 22.0 Å². The van der Waals surface area contributed by atoms with E-state index in [9.17, 15) is 18.4 Å². The van der Waals surface area contributed by atoms with Crippen LogP contribution in [0.25, 0.3) is 21.5 Å². The van der Waals surface area contributed by atoms with Crippen LogP contribution in [0.4, 0.5) is 19.6 Å². The third kappa shape index (κ3) is 4.92. The van der Waals surface area contributed by atoms with Crippen molar-refractivity contribution < 1.29 is 22.8 Å². The number of halogens is 2. The summed E-state index contributed by atoms with van der Waals surface area (Å²) in [6, 6.07) is 8.42. The number of carbonyl (C=O) groups is 2. The molecule has 0 radical (unpaired) electrons. The first-order chi connectivity index (χ1) is 14.9. The van der Waals surface area contributed by atoms with Crippen molar-refractivity contribution in [2.45, 2.75) is 19.8 Å². The second kappa shape index (κ2) is 8.60. The molecule has 4 aromatic rings. The summed E-state index contributed by atoms with van der Waals surface area (Å²) in [6.07, 6.45) is 1.65. The standard InChI is InChI=1S/C21H16F2N4O3S/c1-11(28)25-21-27-16-5-3-13(9-18(16)31-21)26-19(29)6-7-20-24-10-17(30-20)14-4-2-12(22)8-15(14)23/h2-5,8-10H,6-7H2,1H3,(H,26,29)(H,25,27,28). The zero-order valence-electron chi connectivity index (χ0n) is 16.2. The molecule has 2 aromatic carbocycles. The Morgan fingerprint density at radius 3 is 2.74 bits per heavy atom. The number of hydrogen-bond donors (Lipinski definition) is 2. The Morgan fingerprint density at radius 2 is 1.97 bits per heavy atom. The molecule has 4 rings (SSSR count). The lowest BCUT2D eigenvalue weighted by molar-refractivity contribution is -0.116. The normalized spacial score (nSPS) is 10.9. The fourth-order valence-electron chi connectivity index (χ4n) is 2.89. The second-order valence-corrected chi connectivity index (χ2v) is 7.70. The van der Waals surface area contributed by atoms with E-state index in [4.69, 9.17) is 4.42 Å². The molecule has 0 saturated carbocycles. The summed E-state index contributed by atoms with van der Waals surface area (Å²) in [5.41, 5.74) is 1.41. The number of nitrogens with one attached hydrogen (secondary N) is 2. The predicted molar refractivity (Wildman–Crippen MR) is 113 cm³/mol. The first kappa shape index (κ1) is 20.6. The zero-order chi connectivity index (χ0) is 22.0. The van der Waals surface area contributed by atoms with Crippen LogP contribution in [0.3, 0.4) is 0 Å². The van der Waals surface area contributed by atoms with Gasteiger partial charge in [0.25, 0.3) is 0 Å². The van der Waals surface area contributed by atoms with Crippen LogP contribution >= 0.6 is 11.3 Å². The van der Waals surface area contributed by atoms with Gasteiger partial charge in [-0.1, -0.05) is 11.3 Å². The van der Waals surface area contributed by atoms with Crippen LogP contribution in [0.2, 0.25) is 0 Å². The molecule has 31 heavy (non-hydrogen) atoms. The molecule has 2 amide bonds. The third-order valence-electron chi connectivity index (χ3n) is 4.27. The van der Waals surface area contributed by atoms with Gasteiger partial charge in [-0.25, -0.2) is 18.7 Å². The van der Waals surface area contributed by atoms with E-state index in [-0.39, 0.29) is 41.9 Å². The second-order valence-electron chi connectivity index (χ2n) is 6.67. The van der Waals surface area contributed by atoms with E-state index >= 15 is 0 Å². The molecule has 2 aromatic heterocycles. The van der Waals surface area contributed by atoms with Crippen molar-refractivity contribution in [1.29, 1.82) is 0 Å². The van der Waals surface area contributed by atoms with Crippen LogP contribution in [0, 0.1) is 11.6 Å². The van der Waals surface area contributed by atoms with Crippen molar-refractivity contribution in [3.8, 4) is 11.3 Å². The molecule has 7 nitrogen and oxygen atoms in total. The molecule has 0 aliphatic carbocycles. The van der Waals surface area contributed by atoms with Crippen molar-refractivity contribution in [2.75, 3.05) is 10.6 Å². The topological polar surface area (TPSA) is 97.1 Å². The lowest BCUT2D eigenvalue weighted by Gasteiger charge is -2.04. The Balaban J connectivity index is 1.37. The number of amides is 2. The summed E-state index contributed by atoms with van der Waals surface area (Å²) < 4.78 is 33.2. The van der Waals surface area contributed by atoms with E-state index in [2.05, 4.69) is 20.6 Å². The molecule has 158 valence electrons. The number of rotatable bonds is 6. The molecule has 0 fully saturated rings. The van der Waals surface area contributed by atoms with Gasteiger partial charge < -0.3 is 15.1 Å². The largest absolute Gasteiger partial charge is 0.441 e. The number of oxazole rings is 1. The summed E-state index contributed by atoms with van der Waals surface area (Å²) in [5, 5.41) is 5.91. The Morgan fingerprint density at radius 1 is 1.13 bits per heavy atom. The number of nitrogens with zero attached hydrogens (tertiary/aromatic N) is 2. The van der Waals surface area contributed by atoms with E-state index in [1.54, 1.807) is 18.2 Å². The van der Waals surface area contributed by atoms with Crippen LogP contribution in [0.15, 0.2) is 47.0 Å². The summed E-state index contributed by atoms with van der Waals surface area (Å²) in [7, 11) is 0. The monoisotopic (exact) mass is 442 g/mol. The summed E-state index contributed by atoms with van der Waals surface area (Å²) in [5.74, 6) is -1.45. The Hall–Kier alpha value is -3.66. The van der Waals surface area contributed by atoms with Gasteiger partial charge in [0.1, 0.15) is 11.6 Å². The highest BCUT2D eigenvalue weighted by molar-refractivity contribution is 7.22. The van der Waals surface area contributed by atoms with Gasteiger partial charge in [-0.2, -0.15) is 0 Å². The fourth-order valence-corrected chi connectivity index (χ4v) is 3.84. The average Bonchev–Trinajstić information content (AvgIpc) is 3.32. The number of benzene rings is 2. The number of aromatic nitrogens is 2. The zero-order valence-corrected chi connectivity index (χ0v) is 17.1. The maximum atomic E-state index is 13.9. The van der Waals surface area contributed by atoms with Crippen molar-refractivity contribution in [2.24, 2.45) is 0 Å². The number of anilines is 2. The molecule has 0 saturated heterocycles. The number of thiazole rings is 1. The molecule has 0 spiro atoms. The van der Waals surface area contributed by atoms with E-state index in [1.807, 2.05) is 0 Å². The molecule has 0 aliphatic rings. The minimum absolute atomic E-state index is 0.0982. The lowest BCUT2D eigenvalue weighted by Crippen LogP contribution is -2.12. The minimum atomic E-state index is -0.749.